The number of nitrogens with zero attached hydrogens (tertiary/aromatic N) is 1. The summed E-state index contributed by atoms with van der Waals surface area (Å²) in [5.41, 5.74) is 0.136. The number of amides is 1. The molecule has 3 rings (SSSR count). The van der Waals surface area contributed by atoms with Gasteiger partial charge in [-0.25, -0.2) is 0 Å². The van der Waals surface area contributed by atoms with E-state index in [1.807, 2.05) is 43.0 Å². The lowest BCUT2D eigenvalue weighted by atomic mass is 9.80. The summed E-state index contributed by atoms with van der Waals surface area (Å²) < 4.78 is 5.71. The highest BCUT2D eigenvalue weighted by Gasteiger charge is 2.42. The van der Waals surface area contributed by atoms with E-state index in [0.717, 1.165) is 18.4 Å². The summed E-state index contributed by atoms with van der Waals surface area (Å²) in [5, 5.41) is 9.96. The molecule has 0 aliphatic carbocycles. The summed E-state index contributed by atoms with van der Waals surface area (Å²) in [6, 6.07) is 7.46. The highest BCUT2D eigenvalue weighted by molar-refractivity contribution is 6.31. The minimum Gasteiger partial charge on any atom is -0.481 e. The first kappa shape index (κ1) is 19.2. The van der Waals surface area contributed by atoms with Crippen molar-refractivity contribution in [3.63, 3.8) is 0 Å². The first-order valence-corrected chi connectivity index (χ1v) is 9.59. The highest BCUT2D eigenvalue weighted by atomic mass is 35.5. The highest BCUT2D eigenvalue weighted by Crippen LogP contribution is 2.36. The van der Waals surface area contributed by atoms with Crippen LogP contribution >= 0.6 is 11.6 Å². The van der Waals surface area contributed by atoms with Crippen molar-refractivity contribution in [1.82, 2.24) is 4.90 Å². The van der Waals surface area contributed by atoms with Crippen molar-refractivity contribution in [2.45, 2.75) is 44.6 Å². The van der Waals surface area contributed by atoms with Crippen LogP contribution in [0.1, 0.15) is 38.7 Å². The van der Waals surface area contributed by atoms with E-state index < -0.39 is 17.3 Å². The summed E-state index contributed by atoms with van der Waals surface area (Å²) in [7, 11) is 0. The van der Waals surface area contributed by atoms with Crippen molar-refractivity contribution >= 4 is 23.5 Å². The van der Waals surface area contributed by atoms with Crippen LogP contribution in [0.25, 0.3) is 0 Å². The minimum absolute atomic E-state index is 0.0613. The van der Waals surface area contributed by atoms with Crippen molar-refractivity contribution in [2.24, 2.45) is 11.8 Å². The van der Waals surface area contributed by atoms with Crippen LogP contribution in [0.2, 0.25) is 5.02 Å². The van der Waals surface area contributed by atoms with Crippen LogP contribution in [0.4, 0.5) is 0 Å². The van der Waals surface area contributed by atoms with Gasteiger partial charge in [-0.1, -0.05) is 29.8 Å². The van der Waals surface area contributed by atoms with Crippen LogP contribution in [0.15, 0.2) is 24.3 Å². The fourth-order valence-electron chi connectivity index (χ4n) is 4.25. The average molecular weight is 380 g/mol. The average Bonchev–Trinajstić information content (AvgIpc) is 3.11. The van der Waals surface area contributed by atoms with Gasteiger partial charge in [0.1, 0.15) is 0 Å². The van der Waals surface area contributed by atoms with Crippen molar-refractivity contribution in [1.29, 1.82) is 0 Å². The number of aliphatic carboxylic acids is 1. The molecule has 0 saturated carbocycles. The molecule has 2 atom stereocenters. The lowest BCUT2D eigenvalue weighted by Crippen LogP contribution is -2.49. The number of carboxylic acid groups (broad SMARTS) is 1. The lowest BCUT2D eigenvalue weighted by Gasteiger charge is -2.39. The summed E-state index contributed by atoms with van der Waals surface area (Å²) in [6.07, 6.45) is 1.91. The second-order valence-corrected chi connectivity index (χ2v) is 8.21. The number of carbonyl (C=O) groups excluding carboxylic acids is 1. The second-order valence-electron chi connectivity index (χ2n) is 7.80. The summed E-state index contributed by atoms with van der Waals surface area (Å²) >= 11 is 6.30. The van der Waals surface area contributed by atoms with Gasteiger partial charge in [-0.15, -0.1) is 0 Å². The number of ether oxygens (including phenoxy) is 1. The molecule has 2 saturated heterocycles. The van der Waals surface area contributed by atoms with E-state index in [9.17, 15) is 14.7 Å². The third-order valence-corrected chi connectivity index (χ3v) is 6.16. The van der Waals surface area contributed by atoms with Crippen molar-refractivity contribution in [3.8, 4) is 0 Å². The van der Waals surface area contributed by atoms with E-state index in [2.05, 4.69) is 0 Å². The first-order chi connectivity index (χ1) is 12.3. The fraction of sp³-hybridized carbons (Fsp3) is 0.600. The van der Waals surface area contributed by atoms with Gasteiger partial charge in [-0.05, 0) is 50.7 Å². The zero-order chi connectivity index (χ0) is 18.9. The van der Waals surface area contributed by atoms with Crippen molar-refractivity contribution < 1.29 is 19.4 Å². The van der Waals surface area contributed by atoms with E-state index in [1.54, 1.807) is 0 Å². The Kier molecular flexibility index (Phi) is 5.58. The van der Waals surface area contributed by atoms with E-state index in [-0.39, 0.29) is 17.9 Å². The van der Waals surface area contributed by atoms with Gasteiger partial charge in [-0.3, -0.25) is 9.59 Å². The van der Waals surface area contributed by atoms with Crippen LogP contribution in [0, 0.1) is 11.8 Å². The van der Waals surface area contributed by atoms with Gasteiger partial charge in [0.15, 0.2) is 0 Å². The molecule has 2 aliphatic heterocycles. The molecule has 5 nitrogen and oxygen atoms in total. The standard InChI is InChI=1S/C20H26ClNO4/c1-20(2,15-5-3-4-6-16(15)21)19(25)22-10-7-13(8-11-22)17-14(18(23)24)9-12-26-17/h3-6,13-14,17H,7-12H2,1-2H3,(H,23,24)/t14?,17-/m0/s1. The van der Waals surface area contributed by atoms with Gasteiger partial charge in [0.25, 0.3) is 0 Å². The molecule has 1 N–H and O–H groups in total. The Labute approximate surface area is 159 Å². The van der Waals surface area contributed by atoms with Gasteiger partial charge in [0.05, 0.1) is 17.4 Å². The minimum atomic E-state index is -0.772. The predicted octanol–water partition coefficient (Wildman–Crippen LogP) is 3.35. The molecule has 1 aromatic rings. The van der Waals surface area contributed by atoms with E-state index in [0.29, 0.717) is 31.1 Å². The maximum Gasteiger partial charge on any atom is 0.309 e. The lowest BCUT2D eigenvalue weighted by molar-refractivity contribution is -0.146. The number of carbonyl (C=O) groups is 2. The monoisotopic (exact) mass is 379 g/mol. The van der Waals surface area contributed by atoms with E-state index in [4.69, 9.17) is 16.3 Å². The molecular weight excluding hydrogens is 354 g/mol. The number of hydrogen-bond donors (Lipinski definition) is 1. The first-order valence-electron chi connectivity index (χ1n) is 9.21. The molecule has 0 radical (unpaired) electrons. The number of halogens is 1. The van der Waals surface area contributed by atoms with Crippen LogP contribution in [0.3, 0.4) is 0 Å². The largest absolute Gasteiger partial charge is 0.481 e. The Balaban J connectivity index is 1.65. The molecule has 2 heterocycles. The number of rotatable bonds is 4. The Bertz CT molecular complexity index is 682. The molecule has 0 bridgehead atoms. The van der Waals surface area contributed by atoms with Gasteiger partial charge in [-0.2, -0.15) is 0 Å². The maximum absolute atomic E-state index is 13.1. The molecule has 6 heteroatoms. The normalized spacial score (nSPS) is 24.7. The maximum atomic E-state index is 13.1. The molecule has 26 heavy (non-hydrogen) atoms. The SMILES string of the molecule is CC(C)(C(=O)N1CCC([C@@H]2OCCC2C(=O)O)CC1)c1ccccc1Cl. The molecule has 142 valence electrons. The van der Waals surface area contributed by atoms with E-state index >= 15 is 0 Å². The number of piperidine rings is 1. The molecule has 0 spiro atoms. The second kappa shape index (κ2) is 7.57. The Morgan fingerprint density at radius 2 is 1.85 bits per heavy atom. The molecule has 2 aliphatic rings. The van der Waals surface area contributed by atoms with E-state index in [1.165, 1.54) is 0 Å². The molecule has 1 amide bonds. The molecule has 0 aromatic heterocycles. The van der Waals surface area contributed by atoms with Crippen LogP contribution in [-0.2, 0) is 19.7 Å². The quantitative estimate of drug-likeness (QED) is 0.871. The predicted molar refractivity (Wildman–Crippen MR) is 99.3 cm³/mol. The zero-order valence-corrected chi connectivity index (χ0v) is 16.0. The van der Waals surface area contributed by atoms with Gasteiger partial charge in [0, 0.05) is 24.7 Å². The Morgan fingerprint density at radius 1 is 1.19 bits per heavy atom. The van der Waals surface area contributed by atoms with Gasteiger partial charge < -0.3 is 14.7 Å². The van der Waals surface area contributed by atoms with Crippen LogP contribution in [-0.4, -0.2) is 47.7 Å². The summed E-state index contributed by atoms with van der Waals surface area (Å²) in [6.45, 7) is 5.58. The number of benzene rings is 1. The molecule has 2 fully saturated rings. The molecule has 1 aromatic carbocycles. The summed E-state index contributed by atoms with van der Waals surface area (Å²) in [4.78, 5) is 26.4. The number of likely N-dealkylation sites (tertiary alicyclic amines) is 1. The van der Waals surface area contributed by atoms with Crippen LogP contribution in [0.5, 0.6) is 0 Å². The number of hydrogen-bond acceptors (Lipinski definition) is 3. The van der Waals surface area contributed by atoms with Gasteiger partial charge in [0.2, 0.25) is 5.91 Å². The molecule has 1 unspecified atom stereocenters. The van der Waals surface area contributed by atoms with Crippen LogP contribution < -0.4 is 0 Å². The van der Waals surface area contributed by atoms with Gasteiger partial charge >= 0.3 is 5.97 Å². The Hall–Kier alpha value is -1.59. The zero-order valence-electron chi connectivity index (χ0n) is 15.3. The third kappa shape index (κ3) is 3.60. The van der Waals surface area contributed by atoms with Crippen molar-refractivity contribution in [2.75, 3.05) is 19.7 Å². The molecular formula is C20H26ClNO4. The summed E-state index contributed by atoms with van der Waals surface area (Å²) in [5.74, 6) is -0.926. The third-order valence-electron chi connectivity index (χ3n) is 5.83. The topological polar surface area (TPSA) is 66.8 Å². The number of carboxylic acids is 1. The fourth-order valence-corrected chi connectivity index (χ4v) is 4.62. The van der Waals surface area contributed by atoms with Crippen molar-refractivity contribution in [3.05, 3.63) is 34.9 Å². The smallest absolute Gasteiger partial charge is 0.309 e. The Morgan fingerprint density at radius 3 is 2.46 bits per heavy atom.